The molecule has 2 aliphatic heterocycles. The van der Waals surface area contributed by atoms with Gasteiger partial charge in [0, 0.05) is 49.6 Å². The third-order valence-electron chi connectivity index (χ3n) is 7.82. The van der Waals surface area contributed by atoms with E-state index in [2.05, 4.69) is 45.0 Å². The molecule has 0 atom stereocenters. The second-order valence-corrected chi connectivity index (χ2v) is 12.7. The number of alkyl halides is 1. The van der Waals surface area contributed by atoms with Gasteiger partial charge >= 0.3 is 117 Å². The third-order valence-corrected chi connectivity index (χ3v) is 8.06. The number of nitrogens with zero attached hydrogens (tertiary/aromatic N) is 7. The molecule has 17 nitrogen and oxygen atoms in total. The predicted molar refractivity (Wildman–Crippen MR) is 167 cm³/mol. The summed E-state index contributed by atoms with van der Waals surface area (Å²) in [7, 11) is -0.713. The van der Waals surface area contributed by atoms with Gasteiger partial charge in [-0.3, -0.25) is 14.6 Å². The van der Waals surface area contributed by atoms with Gasteiger partial charge in [0.25, 0.3) is 6.47 Å². The Hall–Kier alpha value is -0.337. The van der Waals surface area contributed by atoms with Crippen LogP contribution in [-0.2, 0) is 40.7 Å². The molecule has 49 heavy (non-hydrogen) atoms. The van der Waals surface area contributed by atoms with Gasteiger partial charge in [-0.1, -0.05) is 10.3 Å². The largest absolute Gasteiger partial charge is 1.00 e. The zero-order valence-electron chi connectivity index (χ0n) is 31.1. The number of aromatic nitrogens is 8. The van der Waals surface area contributed by atoms with E-state index in [-0.39, 0.29) is 140 Å². The first-order chi connectivity index (χ1) is 21.9. The average Bonchev–Trinajstić information content (AvgIpc) is 3.83. The zero-order valence-corrected chi connectivity index (χ0v) is 37.1. The van der Waals surface area contributed by atoms with E-state index in [0.717, 1.165) is 10.9 Å². The molecule has 4 aromatic heterocycles. The summed E-state index contributed by atoms with van der Waals surface area (Å²) < 4.78 is 34.9. The molecular weight excluding hydrogens is 716 g/mol. The minimum absolute atomic E-state index is 0. The Balaban J connectivity index is 0.000000718. The number of aryl methyl sites for hydroxylation is 2. The van der Waals surface area contributed by atoms with Crippen molar-refractivity contribution < 1.29 is 147 Å². The summed E-state index contributed by atoms with van der Waals surface area (Å²) >= 11 is 5.36. The molecular formula is C27H41B2ClK2N8O9. The Labute approximate surface area is 377 Å². The van der Waals surface area contributed by atoms with Crippen LogP contribution in [0.5, 0.6) is 0 Å². The van der Waals surface area contributed by atoms with Crippen LogP contribution in [0, 0.1) is 13.8 Å². The van der Waals surface area contributed by atoms with Crippen molar-refractivity contribution in [1.29, 1.82) is 0 Å². The second kappa shape index (κ2) is 20.2. The minimum Gasteiger partial charge on any atom is -1.00 e. The summed E-state index contributed by atoms with van der Waals surface area (Å²) in [6.07, 6.45) is 7.15. The van der Waals surface area contributed by atoms with E-state index in [9.17, 15) is 0 Å². The number of carbonyl (C=O) groups is 1. The van der Waals surface area contributed by atoms with Crippen LogP contribution >= 0.6 is 11.6 Å². The van der Waals surface area contributed by atoms with E-state index in [1.54, 1.807) is 37.1 Å². The molecule has 6 rings (SSSR count). The summed E-state index contributed by atoms with van der Waals surface area (Å²) in [5, 5.41) is 26.7. The number of aromatic amines is 1. The van der Waals surface area contributed by atoms with Gasteiger partial charge in [0.15, 0.2) is 11.6 Å². The van der Waals surface area contributed by atoms with Gasteiger partial charge < -0.3 is 39.2 Å². The van der Waals surface area contributed by atoms with Crippen molar-refractivity contribution in [3.05, 3.63) is 48.2 Å². The smallest absolute Gasteiger partial charge is 1.00 e. The maximum Gasteiger partial charge on any atom is 1.00 e. The molecule has 2 saturated heterocycles. The molecule has 0 spiro atoms. The maximum absolute atomic E-state index is 8.64. The van der Waals surface area contributed by atoms with Gasteiger partial charge in [-0.15, -0.1) is 11.6 Å². The number of rotatable bonds is 6. The van der Waals surface area contributed by atoms with Gasteiger partial charge in [-0.2, -0.15) is 20.2 Å². The number of H-pyrrole nitrogens is 1. The molecule has 2 aliphatic rings. The number of halogens is 1. The predicted octanol–water partition coefficient (Wildman–Crippen LogP) is -4.70. The maximum atomic E-state index is 8.64. The SMILES string of the molecule is CC1(C)OB(c2cn[nH]c2)OC1(C)C.Cc1nc(CCl)no1.Cc1nc(Cn2cc(B3OC(C)(C)C(C)(C)O3)cn2)no1.O=CO[O-].[H-].[K+].[K+]. The summed E-state index contributed by atoms with van der Waals surface area (Å²) in [5.41, 5.74) is 0.538. The molecule has 0 bridgehead atoms. The summed E-state index contributed by atoms with van der Waals surface area (Å²) in [6.45, 7) is 20.0. The molecule has 0 amide bonds. The Kier molecular flexibility index (Phi) is 19.3. The van der Waals surface area contributed by atoms with Crippen molar-refractivity contribution >= 4 is 43.2 Å². The molecule has 6 heterocycles. The molecule has 0 unspecified atom stereocenters. The van der Waals surface area contributed by atoms with E-state index in [1.807, 2.05) is 61.6 Å². The molecule has 0 aliphatic carbocycles. The first-order valence-electron chi connectivity index (χ1n) is 14.5. The fraction of sp³-hybridized carbons (Fsp3) is 0.593. The zero-order chi connectivity index (χ0) is 35.0. The van der Waals surface area contributed by atoms with Crippen LogP contribution < -0.4 is 119 Å². The summed E-state index contributed by atoms with van der Waals surface area (Å²) in [5.74, 6) is 2.56. The first-order valence-corrected chi connectivity index (χ1v) is 15.1. The van der Waals surface area contributed by atoms with Crippen LogP contribution in [0.3, 0.4) is 0 Å². The van der Waals surface area contributed by atoms with Crippen molar-refractivity contribution in [3.63, 3.8) is 0 Å². The van der Waals surface area contributed by atoms with Crippen molar-refractivity contribution in [2.75, 3.05) is 0 Å². The van der Waals surface area contributed by atoms with E-state index < -0.39 is 7.12 Å². The second-order valence-electron chi connectivity index (χ2n) is 12.5. The van der Waals surface area contributed by atoms with Crippen LogP contribution in [0.15, 0.2) is 33.8 Å². The van der Waals surface area contributed by atoms with Crippen molar-refractivity contribution in [2.24, 2.45) is 0 Å². The molecule has 2 fully saturated rings. The van der Waals surface area contributed by atoms with E-state index in [1.165, 1.54) is 0 Å². The number of carbonyl (C=O) groups excluding carboxylic acids is 1. The van der Waals surface area contributed by atoms with Gasteiger partial charge in [0.05, 0.1) is 28.3 Å². The minimum atomic E-state index is -0.407. The van der Waals surface area contributed by atoms with Crippen LogP contribution in [0.2, 0.25) is 0 Å². The van der Waals surface area contributed by atoms with Crippen molar-refractivity contribution in [2.45, 2.75) is 104 Å². The van der Waals surface area contributed by atoms with E-state index >= 15 is 0 Å². The van der Waals surface area contributed by atoms with E-state index in [0.29, 0.717) is 35.9 Å². The molecule has 0 radical (unpaired) electrons. The summed E-state index contributed by atoms with van der Waals surface area (Å²) in [6, 6.07) is 0. The van der Waals surface area contributed by atoms with Gasteiger partial charge in [0.1, 0.15) is 6.54 Å². The molecule has 0 aromatic carbocycles. The Morgan fingerprint density at radius 2 is 1.31 bits per heavy atom. The monoisotopic (exact) mass is 756 g/mol. The topological polar surface area (TPSA) is 211 Å². The van der Waals surface area contributed by atoms with E-state index in [4.69, 9.17) is 44.8 Å². The molecule has 4 aromatic rings. The number of hydrogen-bond acceptors (Lipinski definition) is 15. The standard InChI is InChI=1S/C13H19BN4O3.C9H15BN2O2.C4H5ClN2O.CH2O3.2K.H/c1-9-16-11(17-19-9)8-18-7-10(6-15-18)14-20-12(2,3)13(4,5)21-14;1-8(2)9(3,4)14-10(13-8)7-5-11-12-6-7;1-3-6-4(2-5)7-8-3;2-1-4-3;;;/h6-7H,8H2,1-5H3;5-6H,1-4H3,(H,11,12);2H2,1H3;1,3H;;;/q;;;;2*+1;-1/p-1. The molecule has 258 valence electrons. The van der Waals surface area contributed by atoms with Crippen LogP contribution in [0.1, 0.15) is 80.2 Å². The van der Waals surface area contributed by atoms with Crippen LogP contribution in [-0.4, -0.2) is 83.4 Å². The van der Waals surface area contributed by atoms with Crippen LogP contribution in [0.4, 0.5) is 0 Å². The van der Waals surface area contributed by atoms with Crippen LogP contribution in [0.25, 0.3) is 0 Å². The molecule has 1 N–H and O–H groups in total. The Morgan fingerprint density at radius 1 is 0.857 bits per heavy atom. The quantitative estimate of drug-likeness (QED) is 0.0644. The molecule has 22 heteroatoms. The first kappa shape index (κ1) is 46.7. The fourth-order valence-electron chi connectivity index (χ4n) is 3.88. The molecule has 0 saturated carbocycles. The Morgan fingerprint density at radius 3 is 1.65 bits per heavy atom. The number of nitrogens with one attached hydrogen (secondary N) is 1. The van der Waals surface area contributed by atoms with Gasteiger partial charge in [0.2, 0.25) is 11.8 Å². The normalized spacial score (nSPS) is 17.6. The average molecular weight is 757 g/mol. The fourth-order valence-corrected chi connectivity index (χ4v) is 3.99. The summed E-state index contributed by atoms with van der Waals surface area (Å²) in [4.78, 5) is 19.2. The Bertz CT molecular complexity index is 1530. The number of hydrogen-bond donors (Lipinski definition) is 1. The third kappa shape index (κ3) is 13.2. The van der Waals surface area contributed by atoms with Crippen molar-refractivity contribution in [3.8, 4) is 0 Å². The van der Waals surface area contributed by atoms with Gasteiger partial charge in [-0.25, -0.2) is 0 Å². The van der Waals surface area contributed by atoms with Crippen molar-refractivity contribution in [1.82, 2.24) is 40.3 Å². The van der Waals surface area contributed by atoms with Gasteiger partial charge in [-0.05, 0) is 55.4 Å².